The van der Waals surface area contributed by atoms with E-state index >= 15 is 0 Å². The molecule has 0 heterocycles. The van der Waals surface area contributed by atoms with Crippen molar-refractivity contribution in [1.29, 1.82) is 0 Å². The number of nitrogens with two attached hydrogens (primary N) is 1. The van der Waals surface area contributed by atoms with Crippen LogP contribution in [0.2, 0.25) is 0 Å². The number of hydrogen-bond acceptors (Lipinski definition) is 4. The van der Waals surface area contributed by atoms with E-state index < -0.39 is 11.6 Å². The molecule has 7 heteroatoms. The van der Waals surface area contributed by atoms with Crippen LogP contribution in [0.25, 0.3) is 0 Å². The van der Waals surface area contributed by atoms with Crippen LogP contribution in [-0.4, -0.2) is 20.3 Å². The van der Waals surface area contributed by atoms with E-state index in [0.29, 0.717) is 31.3 Å². The first-order valence-corrected chi connectivity index (χ1v) is 8.12. The van der Waals surface area contributed by atoms with E-state index in [1.165, 1.54) is 0 Å². The number of unbranched alkanes of at least 4 members (excludes halogenated alkanes) is 1. The van der Waals surface area contributed by atoms with Crippen LogP contribution in [0.3, 0.4) is 0 Å². The Kier molecular flexibility index (Phi) is 9.95. The van der Waals surface area contributed by atoms with Gasteiger partial charge in [-0.05, 0) is 48.7 Å². The molecule has 0 spiro atoms. The highest BCUT2D eigenvalue weighted by atomic mass is 35.5. The Balaban J connectivity index is 0.00000338. The first-order chi connectivity index (χ1) is 12.1. The van der Waals surface area contributed by atoms with Crippen LogP contribution in [0.1, 0.15) is 24.0 Å². The smallest absolute Gasteiger partial charge is 0.142 e. The molecule has 0 aliphatic carbocycles. The zero-order valence-corrected chi connectivity index (χ0v) is 15.5. The fourth-order valence-electron chi connectivity index (χ4n) is 2.31. The predicted molar refractivity (Wildman–Crippen MR) is 99.6 cm³/mol. The summed E-state index contributed by atoms with van der Waals surface area (Å²) in [4.78, 5) is 0. The standard InChI is InChI=1S/C19H23F2NO3.ClH/c1-23-12-14-4-7-19(18(22)10-14)25-9-3-2-8-24-13-15-11-16(20)5-6-17(15)21;/h4-7,10-11H,2-3,8-9,12-13,22H2,1H3;1H. The Morgan fingerprint density at radius 3 is 2.46 bits per heavy atom. The van der Waals surface area contributed by atoms with Crippen molar-refractivity contribution in [2.24, 2.45) is 0 Å². The van der Waals surface area contributed by atoms with Crippen LogP contribution in [0.4, 0.5) is 14.5 Å². The molecule has 0 amide bonds. The average molecular weight is 388 g/mol. The molecular formula is C19H24ClF2NO3. The van der Waals surface area contributed by atoms with Gasteiger partial charge in [0.1, 0.15) is 17.4 Å². The minimum atomic E-state index is -0.470. The molecule has 0 bridgehead atoms. The monoisotopic (exact) mass is 387 g/mol. The Morgan fingerprint density at radius 2 is 1.73 bits per heavy atom. The number of benzene rings is 2. The van der Waals surface area contributed by atoms with E-state index in [2.05, 4.69) is 0 Å². The van der Waals surface area contributed by atoms with Crippen LogP contribution in [0.5, 0.6) is 5.75 Å². The molecule has 2 N–H and O–H groups in total. The molecule has 2 aromatic carbocycles. The van der Waals surface area contributed by atoms with Gasteiger partial charge in [0, 0.05) is 19.3 Å². The fourth-order valence-corrected chi connectivity index (χ4v) is 2.31. The van der Waals surface area contributed by atoms with E-state index in [1.807, 2.05) is 18.2 Å². The molecule has 0 aliphatic heterocycles. The summed E-state index contributed by atoms with van der Waals surface area (Å²) in [6, 6.07) is 8.90. The van der Waals surface area contributed by atoms with Crippen molar-refractivity contribution in [3.8, 4) is 5.75 Å². The van der Waals surface area contributed by atoms with Crippen molar-refractivity contribution in [3.05, 3.63) is 59.2 Å². The third-order valence-corrected chi connectivity index (χ3v) is 3.59. The van der Waals surface area contributed by atoms with Crippen LogP contribution in [0.15, 0.2) is 36.4 Å². The Morgan fingerprint density at radius 1 is 0.962 bits per heavy atom. The summed E-state index contributed by atoms with van der Waals surface area (Å²) >= 11 is 0. The van der Waals surface area contributed by atoms with E-state index in [-0.39, 0.29) is 24.6 Å². The Hall–Kier alpha value is -1.89. The molecular weight excluding hydrogens is 364 g/mol. The van der Waals surface area contributed by atoms with Crippen LogP contribution < -0.4 is 10.5 Å². The summed E-state index contributed by atoms with van der Waals surface area (Å²) in [6.07, 6.45) is 1.52. The van der Waals surface area contributed by atoms with Crippen molar-refractivity contribution in [3.63, 3.8) is 0 Å². The molecule has 0 saturated carbocycles. The second kappa shape index (κ2) is 11.7. The quantitative estimate of drug-likeness (QED) is 0.482. The minimum absolute atomic E-state index is 0. The average Bonchev–Trinajstić information content (AvgIpc) is 2.59. The number of methoxy groups -OCH3 is 1. The lowest BCUT2D eigenvalue weighted by Gasteiger charge is -2.10. The third kappa shape index (κ3) is 7.15. The molecule has 0 aromatic heterocycles. The highest BCUT2D eigenvalue weighted by Crippen LogP contribution is 2.23. The third-order valence-electron chi connectivity index (χ3n) is 3.59. The maximum absolute atomic E-state index is 13.4. The minimum Gasteiger partial charge on any atom is -0.491 e. The number of ether oxygens (including phenoxy) is 3. The van der Waals surface area contributed by atoms with Gasteiger partial charge in [0.15, 0.2) is 0 Å². The molecule has 0 saturated heterocycles. The topological polar surface area (TPSA) is 53.7 Å². The molecule has 0 fully saturated rings. The lowest BCUT2D eigenvalue weighted by molar-refractivity contribution is 0.111. The van der Waals surface area contributed by atoms with Gasteiger partial charge >= 0.3 is 0 Å². The summed E-state index contributed by atoms with van der Waals surface area (Å²) in [5, 5.41) is 0. The Bertz CT molecular complexity index is 686. The zero-order chi connectivity index (χ0) is 18.1. The van der Waals surface area contributed by atoms with E-state index in [1.54, 1.807) is 7.11 Å². The normalized spacial score (nSPS) is 10.4. The Labute approximate surface area is 158 Å². The second-order valence-corrected chi connectivity index (χ2v) is 5.65. The van der Waals surface area contributed by atoms with Crippen molar-refractivity contribution < 1.29 is 23.0 Å². The largest absolute Gasteiger partial charge is 0.491 e. The van der Waals surface area contributed by atoms with Crippen LogP contribution in [-0.2, 0) is 22.7 Å². The fraction of sp³-hybridized carbons (Fsp3) is 0.368. The van der Waals surface area contributed by atoms with E-state index in [9.17, 15) is 8.78 Å². The maximum Gasteiger partial charge on any atom is 0.142 e. The zero-order valence-electron chi connectivity index (χ0n) is 14.7. The van der Waals surface area contributed by atoms with Crippen LogP contribution in [0, 0.1) is 11.6 Å². The summed E-state index contributed by atoms with van der Waals surface area (Å²) in [7, 11) is 1.63. The molecule has 26 heavy (non-hydrogen) atoms. The number of halogens is 3. The number of anilines is 1. The lowest BCUT2D eigenvalue weighted by Crippen LogP contribution is -2.04. The number of nitrogen functional groups attached to an aromatic ring is 1. The summed E-state index contributed by atoms with van der Waals surface area (Å²) in [5.74, 6) is -0.290. The molecule has 2 rings (SSSR count). The molecule has 4 nitrogen and oxygen atoms in total. The van der Waals surface area contributed by atoms with Crippen molar-refractivity contribution in [2.45, 2.75) is 26.1 Å². The summed E-state index contributed by atoms with van der Waals surface area (Å²) in [6.45, 7) is 1.51. The lowest BCUT2D eigenvalue weighted by atomic mass is 10.2. The van der Waals surface area contributed by atoms with Gasteiger partial charge in [-0.1, -0.05) is 6.07 Å². The first-order valence-electron chi connectivity index (χ1n) is 8.12. The molecule has 0 radical (unpaired) electrons. The second-order valence-electron chi connectivity index (χ2n) is 5.65. The van der Waals surface area contributed by atoms with Gasteiger partial charge in [-0.2, -0.15) is 0 Å². The highest BCUT2D eigenvalue weighted by Gasteiger charge is 2.04. The summed E-state index contributed by atoms with van der Waals surface area (Å²) < 4.78 is 42.5. The van der Waals surface area contributed by atoms with Crippen molar-refractivity contribution in [2.75, 3.05) is 26.1 Å². The molecule has 144 valence electrons. The number of hydrogen-bond donors (Lipinski definition) is 1. The molecule has 0 atom stereocenters. The molecule has 0 aliphatic rings. The molecule has 2 aromatic rings. The van der Waals surface area contributed by atoms with Gasteiger partial charge in [-0.15, -0.1) is 12.4 Å². The van der Waals surface area contributed by atoms with Gasteiger partial charge in [-0.25, -0.2) is 8.78 Å². The van der Waals surface area contributed by atoms with Crippen LogP contribution >= 0.6 is 12.4 Å². The van der Waals surface area contributed by atoms with E-state index in [0.717, 1.165) is 36.6 Å². The first kappa shape index (κ1) is 22.2. The van der Waals surface area contributed by atoms with Gasteiger partial charge in [0.2, 0.25) is 0 Å². The van der Waals surface area contributed by atoms with Gasteiger partial charge < -0.3 is 19.9 Å². The molecule has 0 unspecified atom stereocenters. The van der Waals surface area contributed by atoms with Gasteiger partial charge in [0.25, 0.3) is 0 Å². The van der Waals surface area contributed by atoms with Gasteiger partial charge in [0.05, 0.1) is 25.5 Å². The van der Waals surface area contributed by atoms with Gasteiger partial charge in [-0.3, -0.25) is 0 Å². The van der Waals surface area contributed by atoms with E-state index in [4.69, 9.17) is 19.9 Å². The highest BCUT2D eigenvalue weighted by molar-refractivity contribution is 5.85. The van der Waals surface area contributed by atoms with Crippen molar-refractivity contribution >= 4 is 18.1 Å². The van der Waals surface area contributed by atoms with Crippen molar-refractivity contribution in [1.82, 2.24) is 0 Å². The SMILES string of the molecule is COCc1ccc(OCCCCOCc2cc(F)ccc2F)c(N)c1.Cl. The number of rotatable bonds is 10. The summed E-state index contributed by atoms with van der Waals surface area (Å²) in [5.41, 5.74) is 7.72. The predicted octanol–water partition coefficient (Wildman–Crippen LogP) is 4.49. The maximum atomic E-state index is 13.4.